The minimum absolute atomic E-state index is 0.0667. The molecule has 2 aliphatic rings. The molecule has 24 heavy (non-hydrogen) atoms. The summed E-state index contributed by atoms with van der Waals surface area (Å²) in [6, 6.07) is 0.570. The summed E-state index contributed by atoms with van der Waals surface area (Å²) in [5, 5.41) is 10.3. The number of aryl methyl sites for hydroxylation is 1. The van der Waals surface area contributed by atoms with Gasteiger partial charge in [0.2, 0.25) is 5.91 Å². The molecular formula is C16H26N4O4. The standard InChI is InChI=1S/C16H26N4O4/c1-12-16(19-24-18-12)23-10-6-17-15(21)13-3-2-7-20(11-13)14-4-8-22-9-5-14/h13-14H,2-11H2,1H3,(H,17,21)/t13-/m1/s1. The molecule has 3 rings (SSSR count). The van der Waals surface area contributed by atoms with Crippen molar-refractivity contribution in [2.45, 2.75) is 38.6 Å². The lowest BCUT2D eigenvalue weighted by atomic mass is 9.94. The number of ether oxygens (including phenoxy) is 2. The Morgan fingerprint density at radius 2 is 2.17 bits per heavy atom. The number of nitrogens with zero attached hydrogens (tertiary/aromatic N) is 3. The molecule has 1 aromatic heterocycles. The first kappa shape index (κ1) is 17.2. The molecule has 1 atom stereocenters. The Bertz CT molecular complexity index is 530. The van der Waals surface area contributed by atoms with Crippen LogP contribution in [0.4, 0.5) is 0 Å². The van der Waals surface area contributed by atoms with Gasteiger partial charge in [-0.1, -0.05) is 5.16 Å². The van der Waals surface area contributed by atoms with Gasteiger partial charge in [0.15, 0.2) is 0 Å². The van der Waals surface area contributed by atoms with Crippen molar-refractivity contribution in [3.05, 3.63) is 5.69 Å². The maximum Gasteiger partial charge on any atom is 0.278 e. The third-order valence-corrected chi connectivity index (χ3v) is 4.78. The normalized spacial score (nSPS) is 23.1. The van der Waals surface area contributed by atoms with Crippen molar-refractivity contribution < 1.29 is 18.9 Å². The molecule has 3 heterocycles. The number of hydrogen-bond acceptors (Lipinski definition) is 7. The predicted molar refractivity (Wildman–Crippen MR) is 85.7 cm³/mol. The van der Waals surface area contributed by atoms with E-state index >= 15 is 0 Å². The van der Waals surface area contributed by atoms with E-state index in [1.165, 1.54) is 0 Å². The number of rotatable bonds is 6. The topological polar surface area (TPSA) is 89.7 Å². The number of amides is 1. The van der Waals surface area contributed by atoms with Gasteiger partial charge >= 0.3 is 0 Å². The molecule has 1 N–H and O–H groups in total. The maximum absolute atomic E-state index is 12.4. The van der Waals surface area contributed by atoms with E-state index < -0.39 is 0 Å². The third kappa shape index (κ3) is 4.45. The molecule has 1 aromatic rings. The highest BCUT2D eigenvalue weighted by Gasteiger charge is 2.30. The first-order chi connectivity index (χ1) is 11.7. The second-order valence-electron chi connectivity index (χ2n) is 6.47. The summed E-state index contributed by atoms with van der Waals surface area (Å²) >= 11 is 0. The van der Waals surface area contributed by atoms with Crippen molar-refractivity contribution >= 4 is 5.91 Å². The summed E-state index contributed by atoms with van der Waals surface area (Å²) < 4.78 is 15.4. The number of aromatic nitrogens is 2. The zero-order chi connectivity index (χ0) is 16.8. The van der Waals surface area contributed by atoms with Gasteiger partial charge in [0.05, 0.1) is 12.5 Å². The maximum atomic E-state index is 12.4. The molecule has 2 aliphatic heterocycles. The first-order valence-corrected chi connectivity index (χ1v) is 8.75. The van der Waals surface area contributed by atoms with Crippen LogP contribution in [0.1, 0.15) is 31.4 Å². The van der Waals surface area contributed by atoms with Crippen molar-refractivity contribution in [3.63, 3.8) is 0 Å². The second-order valence-corrected chi connectivity index (χ2v) is 6.47. The van der Waals surface area contributed by atoms with Crippen LogP contribution in [0, 0.1) is 12.8 Å². The summed E-state index contributed by atoms with van der Waals surface area (Å²) in [6.45, 7) is 6.20. The minimum Gasteiger partial charge on any atom is -0.472 e. The van der Waals surface area contributed by atoms with E-state index in [4.69, 9.17) is 9.47 Å². The highest BCUT2D eigenvalue weighted by atomic mass is 16.6. The zero-order valence-electron chi connectivity index (χ0n) is 14.2. The van der Waals surface area contributed by atoms with Crippen molar-refractivity contribution in [1.29, 1.82) is 0 Å². The first-order valence-electron chi connectivity index (χ1n) is 8.75. The highest BCUT2D eigenvalue weighted by Crippen LogP contribution is 2.23. The van der Waals surface area contributed by atoms with Crippen molar-refractivity contribution in [2.24, 2.45) is 5.92 Å². The minimum atomic E-state index is 0.0667. The quantitative estimate of drug-likeness (QED) is 0.766. The van der Waals surface area contributed by atoms with Crippen molar-refractivity contribution in [1.82, 2.24) is 20.5 Å². The van der Waals surface area contributed by atoms with Gasteiger partial charge in [0.1, 0.15) is 12.3 Å². The van der Waals surface area contributed by atoms with Gasteiger partial charge in [-0.3, -0.25) is 9.69 Å². The van der Waals surface area contributed by atoms with Crippen LogP contribution in [0.3, 0.4) is 0 Å². The molecule has 134 valence electrons. The fraction of sp³-hybridized carbons (Fsp3) is 0.812. The number of piperidine rings is 1. The summed E-state index contributed by atoms with van der Waals surface area (Å²) in [5.41, 5.74) is 0.612. The van der Waals surface area contributed by atoms with E-state index in [2.05, 4.69) is 25.2 Å². The largest absolute Gasteiger partial charge is 0.472 e. The lowest BCUT2D eigenvalue weighted by Gasteiger charge is -2.39. The number of hydrogen-bond donors (Lipinski definition) is 1. The molecule has 8 heteroatoms. The van der Waals surface area contributed by atoms with E-state index in [0.717, 1.165) is 52.0 Å². The number of carbonyl (C=O) groups excluding carboxylic acids is 1. The smallest absolute Gasteiger partial charge is 0.278 e. The van der Waals surface area contributed by atoms with Crippen LogP contribution < -0.4 is 10.1 Å². The van der Waals surface area contributed by atoms with Gasteiger partial charge < -0.3 is 14.8 Å². The Kier molecular flexibility index (Phi) is 6.03. The van der Waals surface area contributed by atoms with E-state index in [1.807, 2.05) is 0 Å². The number of likely N-dealkylation sites (tertiary alicyclic amines) is 1. The Morgan fingerprint density at radius 1 is 1.33 bits per heavy atom. The van der Waals surface area contributed by atoms with Crippen LogP contribution in [0.25, 0.3) is 0 Å². The number of carbonyl (C=O) groups is 1. The van der Waals surface area contributed by atoms with Gasteiger partial charge in [-0.15, -0.1) is 0 Å². The molecule has 0 aromatic carbocycles. The number of nitrogens with one attached hydrogen (secondary N) is 1. The Morgan fingerprint density at radius 3 is 2.92 bits per heavy atom. The van der Waals surface area contributed by atoms with Crippen LogP contribution in [0.15, 0.2) is 4.63 Å². The molecule has 8 nitrogen and oxygen atoms in total. The van der Waals surface area contributed by atoms with E-state index in [9.17, 15) is 4.79 Å². The summed E-state index contributed by atoms with van der Waals surface area (Å²) in [4.78, 5) is 14.9. The van der Waals surface area contributed by atoms with Crippen molar-refractivity contribution in [3.8, 4) is 5.88 Å². The summed E-state index contributed by atoms with van der Waals surface area (Å²) in [6.07, 6.45) is 4.19. The van der Waals surface area contributed by atoms with Gasteiger partial charge in [-0.2, -0.15) is 0 Å². The van der Waals surface area contributed by atoms with Crippen molar-refractivity contribution in [2.75, 3.05) is 39.5 Å². The zero-order valence-corrected chi connectivity index (χ0v) is 14.2. The average Bonchev–Trinajstić information content (AvgIpc) is 3.04. The SMILES string of the molecule is Cc1nonc1OCCNC(=O)[C@@H]1CCCN(C2CCOCC2)C1. The molecule has 0 spiro atoms. The molecule has 1 amide bonds. The fourth-order valence-corrected chi connectivity index (χ4v) is 3.42. The fourth-order valence-electron chi connectivity index (χ4n) is 3.42. The molecule has 2 saturated heterocycles. The summed E-state index contributed by atoms with van der Waals surface area (Å²) in [7, 11) is 0. The lowest BCUT2D eigenvalue weighted by Crippen LogP contribution is -2.49. The molecule has 0 unspecified atom stereocenters. The van der Waals surface area contributed by atoms with Crippen LogP contribution in [-0.4, -0.2) is 66.6 Å². The second kappa shape index (κ2) is 8.43. The third-order valence-electron chi connectivity index (χ3n) is 4.78. The highest BCUT2D eigenvalue weighted by molar-refractivity contribution is 5.78. The lowest BCUT2D eigenvalue weighted by molar-refractivity contribution is -0.127. The Balaban J connectivity index is 1.38. The van der Waals surface area contributed by atoms with Crippen LogP contribution in [0.2, 0.25) is 0 Å². The molecule has 0 saturated carbocycles. The van der Waals surface area contributed by atoms with Crippen LogP contribution >= 0.6 is 0 Å². The summed E-state index contributed by atoms with van der Waals surface area (Å²) in [5.74, 6) is 0.565. The molecule has 2 fully saturated rings. The molecule has 0 radical (unpaired) electrons. The molecule has 0 aliphatic carbocycles. The van der Waals surface area contributed by atoms with Gasteiger partial charge in [0, 0.05) is 25.8 Å². The van der Waals surface area contributed by atoms with E-state index in [1.54, 1.807) is 6.92 Å². The molecule has 0 bridgehead atoms. The Hall–Kier alpha value is -1.67. The van der Waals surface area contributed by atoms with Crippen LogP contribution in [-0.2, 0) is 9.53 Å². The molecular weight excluding hydrogens is 312 g/mol. The van der Waals surface area contributed by atoms with Crippen LogP contribution in [0.5, 0.6) is 5.88 Å². The van der Waals surface area contributed by atoms with Gasteiger partial charge in [-0.05, 0) is 44.3 Å². The van der Waals surface area contributed by atoms with Gasteiger partial charge in [-0.25, -0.2) is 4.63 Å². The van der Waals surface area contributed by atoms with E-state index in [-0.39, 0.29) is 11.8 Å². The van der Waals surface area contributed by atoms with E-state index in [0.29, 0.717) is 30.8 Å². The van der Waals surface area contributed by atoms with Gasteiger partial charge in [0.25, 0.3) is 5.88 Å². The Labute approximate surface area is 141 Å². The average molecular weight is 338 g/mol. The predicted octanol–water partition coefficient (Wildman–Crippen LogP) is 0.764. The monoisotopic (exact) mass is 338 g/mol.